The number of imidazole rings is 1. The number of nitrogens with zero attached hydrogens (tertiary/aromatic N) is 4. The number of nitro benzene ring substituents is 1. The molecule has 0 saturated carbocycles. The number of nitro groups is 1. The topological polar surface area (TPSA) is 93.3 Å². The van der Waals surface area contributed by atoms with Crippen LogP contribution < -0.4 is 10.2 Å². The second-order valence-electron chi connectivity index (χ2n) is 5.97. The highest BCUT2D eigenvalue weighted by molar-refractivity contribution is 5.95. The summed E-state index contributed by atoms with van der Waals surface area (Å²) in [7, 11) is 3.46. The van der Waals surface area contributed by atoms with E-state index >= 15 is 0 Å². The summed E-state index contributed by atoms with van der Waals surface area (Å²) in [5.41, 5.74) is 0.703. The van der Waals surface area contributed by atoms with Crippen LogP contribution in [0.3, 0.4) is 0 Å². The summed E-state index contributed by atoms with van der Waals surface area (Å²) < 4.78 is 2.02. The van der Waals surface area contributed by atoms with Crippen LogP contribution in [0.15, 0.2) is 36.9 Å². The number of benzene rings is 1. The number of aromatic nitrogens is 2. The Balaban J connectivity index is 1.80. The van der Waals surface area contributed by atoms with Crippen LogP contribution in [0.1, 0.15) is 29.6 Å². The highest BCUT2D eigenvalue weighted by atomic mass is 16.6. The predicted molar refractivity (Wildman–Crippen MR) is 95.8 cm³/mol. The van der Waals surface area contributed by atoms with E-state index in [0.717, 1.165) is 25.8 Å². The quantitative estimate of drug-likeness (QED) is 0.428. The first kappa shape index (κ1) is 18.4. The van der Waals surface area contributed by atoms with Crippen LogP contribution in [0.5, 0.6) is 0 Å². The molecule has 134 valence electrons. The van der Waals surface area contributed by atoms with Crippen molar-refractivity contribution in [2.24, 2.45) is 0 Å². The Kier molecular flexibility index (Phi) is 6.50. The number of unbranched alkanes of at least 4 members (excludes halogenated alkanes) is 2. The number of anilines is 1. The monoisotopic (exact) mass is 345 g/mol. The second-order valence-corrected chi connectivity index (χ2v) is 5.97. The van der Waals surface area contributed by atoms with Crippen molar-refractivity contribution in [2.45, 2.75) is 25.8 Å². The van der Waals surface area contributed by atoms with E-state index in [4.69, 9.17) is 0 Å². The fraction of sp³-hybridized carbons (Fsp3) is 0.412. The molecule has 8 heteroatoms. The van der Waals surface area contributed by atoms with Crippen LogP contribution in [0.2, 0.25) is 0 Å². The van der Waals surface area contributed by atoms with Crippen molar-refractivity contribution >= 4 is 17.3 Å². The van der Waals surface area contributed by atoms with Crippen LogP contribution in [0, 0.1) is 10.1 Å². The molecule has 1 aromatic carbocycles. The molecule has 0 fully saturated rings. The number of carbonyl (C=O) groups is 1. The summed E-state index contributed by atoms with van der Waals surface area (Å²) in [4.78, 5) is 28.5. The van der Waals surface area contributed by atoms with Gasteiger partial charge in [-0.15, -0.1) is 0 Å². The average Bonchev–Trinajstić information content (AvgIpc) is 3.10. The number of aryl methyl sites for hydroxylation is 1. The third kappa shape index (κ3) is 5.30. The van der Waals surface area contributed by atoms with Crippen LogP contribution in [0.25, 0.3) is 0 Å². The van der Waals surface area contributed by atoms with Gasteiger partial charge in [-0.2, -0.15) is 0 Å². The van der Waals surface area contributed by atoms with E-state index in [1.165, 1.54) is 6.07 Å². The summed E-state index contributed by atoms with van der Waals surface area (Å²) in [6.45, 7) is 1.46. The minimum absolute atomic E-state index is 0.0713. The molecule has 8 nitrogen and oxygen atoms in total. The number of hydrogen-bond donors (Lipinski definition) is 1. The van der Waals surface area contributed by atoms with E-state index in [1.54, 1.807) is 43.7 Å². The maximum Gasteiger partial charge on any atom is 0.293 e. The molecular formula is C17H23N5O3. The van der Waals surface area contributed by atoms with Gasteiger partial charge in [0.05, 0.1) is 11.3 Å². The Morgan fingerprint density at radius 2 is 2.12 bits per heavy atom. The number of carbonyl (C=O) groups excluding carboxylic acids is 1. The van der Waals surface area contributed by atoms with Gasteiger partial charge in [0.15, 0.2) is 0 Å². The van der Waals surface area contributed by atoms with Gasteiger partial charge < -0.3 is 14.8 Å². The summed E-state index contributed by atoms with van der Waals surface area (Å²) >= 11 is 0. The lowest BCUT2D eigenvalue weighted by Crippen LogP contribution is -2.24. The Labute approximate surface area is 146 Å². The molecule has 0 unspecified atom stereocenters. The molecule has 25 heavy (non-hydrogen) atoms. The number of hydrogen-bond acceptors (Lipinski definition) is 5. The lowest BCUT2D eigenvalue weighted by atomic mass is 10.1. The molecule has 2 rings (SSSR count). The Hall–Kier alpha value is -2.90. The third-order valence-corrected chi connectivity index (χ3v) is 3.85. The van der Waals surface area contributed by atoms with Crippen LogP contribution in [0.4, 0.5) is 11.4 Å². The number of nitrogens with one attached hydrogen (secondary N) is 1. The molecule has 0 radical (unpaired) electrons. The van der Waals surface area contributed by atoms with Gasteiger partial charge in [0.25, 0.3) is 11.6 Å². The van der Waals surface area contributed by atoms with Gasteiger partial charge in [-0.05, 0) is 31.4 Å². The zero-order valence-corrected chi connectivity index (χ0v) is 14.5. The Morgan fingerprint density at radius 3 is 2.76 bits per heavy atom. The molecule has 1 heterocycles. The van der Waals surface area contributed by atoms with Crippen molar-refractivity contribution in [3.05, 3.63) is 52.6 Å². The molecule has 0 aliphatic heterocycles. The zero-order valence-electron chi connectivity index (χ0n) is 14.5. The number of amides is 1. The molecule has 0 aliphatic rings. The highest BCUT2D eigenvalue weighted by Crippen LogP contribution is 2.27. The van der Waals surface area contributed by atoms with E-state index < -0.39 is 4.92 Å². The van der Waals surface area contributed by atoms with E-state index in [-0.39, 0.29) is 11.6 Å². The third-order valence-electron chi connectivity index (χ3n) is 3.85. The number of rotatable bonds is 9. The summed E-state index contributed by atoms with van der Waals surface area (Å²) in [5.74, 6) is -0.289. The Morgan fingerprint density at radius 1 is 1.32 bits per heavy atom. The van der Waals surface area contributed by atoms with Gasteiger partial charge in [0, 0.05) is 51.2 Å². The first-order valence-corrected chi connectivity index (χ1v) is 8.18. The molecule has 1 amide bonds. The molecule has 0 bridgehead atoms. The minimum atomic E-state index is -0.470. The summed E-state index contributed by atoms with van der Waals surface area (Å²) in [6, 6.07) is 4.53. The average molecular weight is 345 g/mol. The first-order valence-electron chi connectivity index (χ1n) is 8.18. The predicted octanol–water partition coefficient (Wildman–Crippen LogP) is 2.46. The van der Waals surface area contributed by atoms with Crippen molar-refractivity contribution in [3.8, 4) is 0 Å². The maximum absolute atomic E-state index is 12.2. The van der Waals surface area contributed by atoms with E-state index in [9.17, 15) is 14.9 Å². The summed E-state index contributed by atoms with van der Waals surface area (Å²) in [6.07, 6.45) is 8.31. The maximum atomic E-state index is 12.2. The lowest BCUT2D eigenvalue weighted by molar-refractivity contribution is -0.384. The molecule has 0 spiro atoms. The van der Waals surface area contributed by atoms with Crippen molar-refractivity contribution in [2.75, 3.05) is 25.5 Å². The van der Waals surface area contributed by atoms with Crippen molar-refractivity contribution in [1.29, 1.82) is 0 Å². The van der Waals surface area contributed by atoms with Gasteiger partial charge in [-0.3, -0.25) is 14.9 Å². The van der Waals surface area contributed by atoms with Gasteiger partial charge in [0.1, 0.15) is 5.69 Å². The van der Waals surface area contributed by atoms with Crippen molar-refractivity contribution in [3.63, 3.8) is 0 Å². The molecule has 1 aromatic heterocycles. The van der Waals surface area contributed by atoms with Crippen LogP contribution in [-0.4, -0.2) is 41.0 Å². The minimum Gasteiger partial charge on any atom is -0.372 e. The van der Waals surface area contributed by atoms with Crippen molar-refractivity contribution < 1.29 is 9.72 Å². The van der Waals surface area contributed by atoms with Gasteiger partial charge >= 0.3 is 0 Å². The van der Waals surface area contributed by atoms with E-state index in [1.807, 2.05) is 10.8 Å². The van der Waals surface area contributed by atoms with E-state index in [2.05, 4.69) is 10.3 Å². The normalized spacial score (nSPS) is 10.5. The highest BCUT2D eigenvalue weighted by Gasteiger charge is 2.18. The van der Waals surface area contributed by atoms with Gasteiger partial charge in [-0.25, -0.2) is 4.98 Å². The Bertz CT molecular complexity index is 713. The lowest BCUT2D eigenvalue weighted by Gasteiger charge is -2.13. The molecule has 0 aliphatic carbocycles. The fourth-order valence-corrected chi connectivity index (χ4v) is 2.51. The van der Waals surface area contributed by atoms with E-state index in [0.29, 0.717) is 17.8 Å². The smallest absolute Gasteiger partial charge is 0.293 e. The van der Waals surface area contributed by atoms with Gasteiger partial charge in [-0.1, -0.05) is 0 Å². The molecule has 2 aromatic rings. The molecule has 0 atom stereocenters. The van der Waals surface area contributed by atoms with Crippen LogP contribution in [-0.2, 0) is 6.54 Å². The van der Waals surface area contributed by atoms with Crippen LogP contribution >= 0.6 is 0 Å². The zero-order chi connectivity index (χ0) is 18.2. The first-order chi connectivity index (χ1) is 12.0. The second kappa shape index (κ2) is 8.81. The largest absolute Gasteiger partial charge is 0.372 e. The molecule has 1 N–H and O–H groups in total. The SMILES string of the molecule is CN(C)c1ccc(C(=O)NCCCCCn2ccnc2)cc1[N+](=O)[O-]. The van der Waals surface area contributed by atoms with Crippen molar-refractivity contribution in [1.82, 2.24) is 14.9 Å². The molecular weight excluding hydrogens is 322 g/mol. The standard InChI is InChI=1S/C17H23N5O3/c1-20(2)15-7-6-14(12-16(15)22(24)25)17(23)19-8-4-3-5-10-21-11-9-18-13-21/h6-7,9,11-13H,3-5,8,10H2,1-2H3,(H,19,23). The summed E-state index contributed by atoms with van der Waals surface area (Å²) in [5, 5.41) is 14.0. The molecule has 0 saturated heterocycles. The van der Waals surface area contributed by atoms with Gasteiger partial charge in [0.2, 0.25) is 0 Å². The fourth-order valence-electron chi connectivity index (χ4n) is 2.51.